The van der Waals surface area contributed by atoms with Crippen LogP contribution in [0.4, 0.5) is 10.6 Å². The second kappa shape index (κ2) is 10.9. The topological polar surface area (TPSA) is 117 Å². The molecule has 1 atom stereocenters. The minimum atomic E-state index is -0.425. The third-order valence-electron chi connectivity index (χ3n) is 6.49. The number of nitrogens with one attached hydrogen (secondary N) is 3. The van der Waals surface area contributed by atoms with Crippen molar-refractivity contribution < 1.29 is 4.79 Å². The molecule has 33 heavy (non-hydrogen) atoms. The molecule has 178 valence electrons. The molecule has 0 radical (unpaired) electrons. The SMILES string of the molecule is CC(Cc1ccc(-n2ccc(NC(=O)N3CCNCC3)nc2=O)cc1)N[C@H]1CC[C@@H](N)CC1. The Kier molecular flexibility index (Phi) is 7.74. The number of piperazine rings is 1. The number of carbonyl (C=O) groups excluding carboxylic acids is 1. The van der Waals surface area contributed by atoms with Crippen LogP contribution in [-0.4, -0.2) is 64.8 Å². The van der Waals surface area contributed by atoms with Gasteiger partial charge in [-0.2, -0.15) is 4.98 Å². The van der Waals surface area contributed by atoms with Crippen molar-refractivity contribution in [2.24, 2.45) is 5.73 Å². The van der Waals surface area contributed by atoms with Crippen LogP contribution >= 0.6 is 0 Å². The summed E-state index contributed by atoms with van der Waals surface area (Å²) in [6.45, 7) is 5.02. The molecule has 1 aliphatic carbocycles. The van der Waals surface area contributed by atoms with Crippen LogP contribution in [0.5, 0.6) is 0 Å². The zero-order chi connectivity index (χ0) is 23.2. The summed E-state index contributed by atoms with van der Waals surface area (Å²) in [6.07, 6.45) is 7.06. The Morgan fingerprint density at radius 3 is 2.52 bits per heavy atom. The summed E-state index contributed by atoms with van der Waals surface area (Å²) in [5.41, 5.74) is 7.54. The predicted molar refractivity (Wildman–Crippen MR) is 130 cm³/mol. The van der Waals surface area contributed by atoms with E-state index in [-0.39, 0.29) is 11.8 Å². The minimum Gasteiger partial charge on any atom is -0.328 e. The molecule has 1 aromatic carbocycles. The lowest BCUT2D eigenvalue weighted by Gasteiger charge is -2.29. The molecule has 1 aromatic heterocycles. The van der Waals surface area contributed by atoms with E-state index < -0.39 is 5.69 Å². The first-order valence-corrected chi connectivity index (χ1v) is 12.0. The Bertz CT molecular complexity index is 977. The van der Waals surface area contributed by atoms with Crippen molar-refractivity contribution in [1.82, 2.24) is 25.1 Å². The fourth-order valence-electron chi connectivity index (χ4n) is 4.62. The molecule has 0 bridgehead atoms. The van der Waals surface area contributed by atoms with Crippen molar-refractivity contribution in [2.45, 2.75) is 57.2 Å². The van der Waals surface area contributed by atoms with Crippen LogP contribution in [0.25, 0.3) is 5.69 Å². The van der Waals surface area contributed by atoms with E-state index in [1.54, 1.807) is 17.2 Å². The number of nitrogens with zero attached hydrogens (tertiary/aromatic N) is 3. The van der Waals surface area contributed by atoms with E-state index in [9.17, 15) is 9.59 Å². The lowest BCUT2D eigenvalue weighted by atomic mass is 9.91. The monoisotopic (exact) mass is 453 g/mol. The summed E-state index contributed by atoms with van der Waals surface area (Å²) in [5.74, 6) is 0.264. The molecule has 4 rings (SSSR count). The van der Waals surface area contributed by atoms with Gasteiger partial charge in [0.15, 0.2) is 0 Å². The van der Waals surface area contributed by atoms with Crippen molar-refractivity contribution >= 4 is 11.8 Å². The van der Waals surface area contributed by atoms with Gasteiger partial charge in [-0.15, -0.1) is 0 Å². The molecule has 2 aromatic rings. The minimum absolute atomic E-state index is 0.232. The number of nitrogens with two attached hydrogens (primary N) is 1. The van der Waals surface area contributed by atoms with Crippen LogP contribution in [0, 0.1) is 0 Å². The zero-order valence-electron chi connectivity index (χ0n) is 19.3. The molecule has 0 spiro atoms. The number of rotatable bonds is 6. The molecule has 1 aliphatic heterocycles. The average Bonchev–Trinajstić information content (AvgIpc) is 2.82. The lowest BCUT2D eigenvalue weighted by molar-refractivity contribution is 0.204. The van der Waals surface area contributed by atoms with Gasteiger partial charge in [0, 0.05) is 50.5 Å². The lowest BCUT2D eigenvalue weighted by Crippen LogP contribution is -2.48. The van der Waals surface area contributed by atoms with Gasteiger partial charge < -0.3 is 21.3 Å². The molecule has 9 heteroatoms. The highest BCUT2D eigenvalue weighted by atomic mass is 16.2. The molecule has 1 unspecified atom stereocenters. The molecular formula is C24H35N7O2. The molecule has 2 fully saturated rings. The highest BCUT2D eigenvalue weighted by Crippen LogP contribution is 2.18. The first kappa shape index (κ1) is 23.4. The van der Waals surface area contributed by atoms with Gasteiger partial charge in [-0.05, 0) is 62.8 Å². The van der Waals surface area contributed by atoms with Gasteiger partial charge in [0.1, 0.15) is 5.82 Å². The van der Waals surface area contributed by atoms with Gasteiger partial charge in [-0.3, -0.25) is 9.88 Å². The second-order valence-corrected chi connectivity index (χ2v) is 9.18. The van der Waals surface area contributed by atoms with Crippen molar-refractivity contribution in [3.63, 3.8) is 0 Å². The van der Waals surface area contributed by atoms with Crippen LogP contribution in [0.2, 0.25) is 0 Å². The van der Waals surface area contributed by atoms with Crippen molar-refractivity contribution in [3.05, 3.63) is 52.6 Å². The van der Waals surface area contributed by atoms with Gasteiger partial charge in [0.05, 0.1) is 5.69 Å². The molecule has 2 heterocycles. The normalized spacial score (nSPS) is 22.1. The fraction of sp³-hybridized carbons (Fsp3) is 0.542. The summed E-state index contributed by atoms with van der Waals surface area (Å²) in [6, 6.07) is 10.7. The van der Waals surface area contributed by atoms with E-state index in [1.165, 1.54) is 10.1 Å². The summed E-state index contributed by atoms with van der Waals surface area (Å²) >= 11 is 0. The van der Waals surface area contributed by atoms with Crippen LogP contribution in [-0.2, 0) is 6.42 Å². The molecule has 2 aliphatic rings. The van der Waals surface area contributed by atoms with E-state index in [2.05, 4.69) is 40.0 Å². The number of hydrogen-bond donors (Lipinski definition) is 4. The average molecular weight is 454 g/mol. The molecule has 9 nitrogen and oxygen atoms in total. The second-order valence-electron chi connectivity index (χ2n) is 9.18. The summed E-state index contributed by atoms with van der Waals surface area (Å²) < 4.78 is 1.48. The Morgan fingerprint density at radius 1 is 1.15 bits per heavy atom. The molecule has 5 N–H and O–H groups in total. The summed E-state index contributed by atoms with van der Waals surface area (Å²) in [5, 5.41) is 9.65. The van der Waals surface area contributed by atoms with Gasteiger partial charge in [-0.25, -0.2) is 9.59 Å². The van der Waals surface area contributed by atoms with E-state index in [0.717, 1.165) is 50.9 Å². The maximum absolute atomic E-state index is 12.6. The van der Waals surface area contributed by atoms with Crippen LogP contribution in [0.1, 0.15) is 38.2 Å². The van der Waals surface area contributed by atoms with Gasteiger partial charge >= 0.3 is 11.7 Å². The van der Waals surface area contributed by atoms with E-state index >= 15 is 0 Å². The highest BCUT2D eigenvalue weighted by molar-refractivity contribution is 5.88. The Balaban J connectivity index is 1.33. The molecule has 1 saturated heterocycles. The van der Waals surface area contributed by atoms with Gasteiger partial charge in [0.2, 0.25) is 0 Å². The first-order chi connectivity index (χ1) is 16.0. The van der Waals surface area contributed by atoms with Gasteiger partial charge in [0.25, 0.3) is 0 Å². The third-order valence-corrected chi connectivity index (χ3v) is 6.49. The van der Waals surface area contributed by atoms with Crippen LogP contribution in [0.3, 0.4) is 0 Å². The number of hydrogen-bond acceptors (Lipinski definition) is 6. The Hall–Kier alpha value is -2.75. The fourth-order valence-corrected chi connectivity index (χ4v) is 4.62. The number of aromatic nitrogens is 2. The van der Waals surface area contributed by atoms with Crippen LogP contribution < -0.4 is 27.4 Å². The molecular weight excluding hydrogens is 418 g/mol. The quantitative estimate of drug-likeness (QED) is 0.526. The van der Waals surface area contributed by atoms with Crippen LogP contribution in [0.15, 0.2) is 41.3 Å². The molecule has 1 saturated carbocycles. The summed E-state index contributed by atoms with van der Waals surface area (Å²) in [4.78, 5) is 30.6. The number of anilines is 1. The highest BCUT2D eigenvalue weighted by Gasteiger charge is 2.20. The van der Waals surface area contributed by atoms with Gasteiger partial charge in [-0.1, -0.05) is 12.1 Å². The van der Waals surface area contributed by atoms with Crippen molar-refractivity contribution in [3.8, 4) is 5.69 Å². The van der Waals surface area contributed by atoms with E-state index in [4.69, 9.17) is 5.73 Å². The number of carbonyl (C=O) groups is 1. The van der Waals surface area contributed by atoms with Crippen molar-refractivity contribution in [2.75, 3.05) is 31.5 Å². The number of amides is 2. The number of urea groups is 1. The van der Waals surface area contributed by atoms with Crippen molar-refractivity contribution in [1.29, 1.82) is 0 Å². The number of benzene rings is 1. The first-order valence-electron chi connectivity index (χ1n) is 12.0. The Morgan fingerprint density at radius 2 is 1.85 bits per heavy atom. The largest absolute Gasteiger partial charge is 0.354 e. The Labute approximate surface area is 194 Å². The molecule has 2 amide bonds. The van der Waals surface area contributed by atoms with E-state index in [1.807, 2.05) is 12.1 Å². The third kappa shape index (κ3) is 6.40. The predicted octanol–water partition coefficient (Wildman–Crippen LogP) is 1.46. The van der Waals surface area contributed by atoms with E-state index in [0.29, 0.717) is 31.2 Å². The zero-order valence-corrected chi connectivity index (χ0v) is 19.3. The smallest absolute Gasteiger partial charge is 0.328 e. The summed E-state index contributed by atoms with van der Waals surface area (Å²) in [7, 11) is 0. The maximum atomic E-state index is 12.6. The standard InChI is InChI=1S/C24H35N7O2/c1-17(27-20-6-4-19(25)5-7-20)16-18-2-8-21(9-3-18)31-13-10-22(29-24(31)33)28-23(32)30-14-11-26-12-15-30/h2-3,8-10,13,17,19-20,26-27H,4-7,11-12,14-16,25H2,1H3,(H,28,29,32,33)/t17?,19-,20+. The maximum Gasteiger partial charge on any atom is 0.354 e.